The highest BCUT2D eigenvalue weighted by molar-refractivity contribution is 5.90. The first-order valence-corrected chi connectivity index (χ1v) is 10.4. The minimum absolute atomic E-state index is 0.000173. The van der Waals surface area contributed by atoms with Gasteiger partial charge in [-0.25, -0.2) is 28.8 Å². The third-order valence-electron chi connectivity index (χ3n) is 5.15. The number of halogens is 4. The van der Waals surface area contributed by atoms with Crippen molar-refractivity contribution in [3.8, 4) is 5.69 Å². The number of alkyl halides is 3. The summed E-state index contributed by atoms with van der Waals surface area (Å²) < 4.78 is 48.8. The maximum absolute atomic E-state index is 13.9. The molecule has 188 valence electrons. The molecule has 1 amide bonds. The molecule has 2 N–H and O–H groups in total. The van der Waals surface area contributed by atoms with Crippen LogP contribution < -0.4 is 10.2 Å². The van der Waals surface area contributed by atoms with Gasteiger partial charge in [0, 0.05) is 43.9 Å². The van der Waals surface area contributed by atoms with Crippen LogP contribution in [0.4, 0.5) is 23.4 Å². The van der Waals surface area contributed by atoms with Crippen LogP contribution >= 0.6 is 0 Å². The van der Waals surface area contributed by atoms with Crippen molar-refractivity contribution in [2.75, 3.05) is 18.0 Å². The summed E-state index contributed by atoms with van der Waals surface area (Å²) in [7, 11) is 0. The lowest BCUT2D eigenvalue weighted by atomic mass is 10.2. The Morgan fingerprint density at radius 3 is 2.47 bits per heavy atom. The van der Waals surface area contributed by atoms with Crippen molar-refractivity contribution in [3.63, 3.8) is 0 Å². The van der Waals surface area contributed by atoms with Crippen LogP contribution in [0.3, 0.4) is 0 Å². The lowest BCUT2D eigenvalue weighted by molar-refractivity contribution is -0.192. The lowest BCUT2D eigenvalue weighted by Gasteiger charge is -2.18. The largest absolute Gasteiger partial charge is 0.490 e. The number of carboxylic acid groups (broad SMARTS) is 1. The summed E-state index contributed by atoms with van der Waals surface area (Å²) >= 11 is 0. The monoisotopic (exact) mass is 506 g/mol. The van der Waals surface area contributed by atoms with Crippen molar-refractivity contribution < 1.29 is 32.3 Å². The predicted molar refractivity (Wildman–Crippen MR) is 116 cm³/mol. The number of para-hydroxylation sites is 1. The van der Waals surface area contributed by atoms with Crippen molar-refractivity contribution in [2.24, 2.45) is 0 Å². The minimum atomic E-state index is -5.08. The number of imidazole rings is 1. The molecule has 1 atom stereocenters. The summed E-state index contributed by atoms with van der Waals surface area (Å²) in [4.78, 5) is 36.4. The number of anilines is 1. The van der Waals surface area contributed by atoms with E-state index in [1.807, 2.05) is 16.8 Å². The van der Waals surface area contributed by atoms with Crippen LogP contribution in [-0.2, 0) is 4.79 Å². The summed E-state index contributed by atoms with van der Waals surface area (Å²) in [5.74, 6) is -2.79. The first kappa shape index (κ1) is 24.6. The van der Waals surface area contributed by atoms with E-state index in [9.17, 15) is 22.4 Å². The van der Waals surface area contributed by atoms with Gasteiger partial charge in [-0.15, -0.1) is 5.10 Å². The SMILES string of the molecule is O=C(N[C@H]1CCN(c2nccn3ccnc23)C1)c1ncn(-c2ccccc2F)n1.O=C(O)C(F)(F)F. The number of hydrogen-bond donors (Lipinski definition) is 2. The normalized spacial score (nSPS) is 15.4. The Bertz CT molecular complexity index is 1390. The smallest absolute Gasteiger partial charge is 0.475 e. The van der Waals surface area contributed by atoms with Crippen molar-refractivity contribution in [1.29, 1.82) is 0 Å². The molecule has 0 spiro atoms. The van der Waals surface area contributed by atoms with Crippen molar-refractivity contribution in [2.45, 2.75) is 18.6 Å². The zero-order valence-corrected chi connectivity index (χ0v) is 18.3. The quantitative estimate of drug-likeness (QED) is 0.403. The topological polar surface area (TPSA) is 131 Å². The van der Waals surface area contributed by atoms with E-state index in [1.165, 1.54) is 17.1 Å². The molecule has 0 aliphatic carbocycles. The van der Waals surface area contributed by atoms with Gasteiger partial charge >= 0.3 is 12.1 Å². The van der Waals surface area contributed by atoms with E-state index >= 15 is 0 Å². The summed E-state index contributed by atoms with van der Waals surface area (Å²) in [6.45, 7) is 1.36. The van der Waals surface area contributed by atoms with Gasteiger partial charge in [0.15, 0.2) is 11.5 Å². The molecule has 11 nitrogen and oxygen atoms in total. The van der Waals surface area contributed by atoms with Gasteiger partial charge in [-0.2, -0.15) is 13.2 Å². The lowest BCUT2D eigenvalue weighted by Crippen LogP contribution is -2.37. The van der Waals surface area contributed by atoms with Crippen LogP contribution in [0.1, 0.15) is 17.0 Å². The number of rotatable bonds is 4. The number of nitrogens with one attached hydrogen (secondary N) is 1. The number of benzene rings is 1. The molecule has 0 saturated carbocycles. The van der Waals surface area contributed by atoms with Gasteiger partial charge in [-0.1, -0.05) is 12.1 Å². The highest BCUT2D eigenvalue weighted by Gasteiger charge is 2.38. The molecule has 4 aromatic rings. The maximum atomic E-state index is 13.9. The fourth-order valence-corrected chi connectivity index (χ4v) is 3.50. The number of amides is 1. The second-order valence-corrected chi connectivity index (χ2v) is 7.58. The molecule has 0 bridgehead atoms. The molecule has 1 saturated heterocycles. The molecule has 0 radical (unpaired) electrons. The van der Waals surface area contributed by atoms with E-state index in [4.69, 9.17) is 9.90 Å². The number of aliphatic carboxylic acids is 1. The Morgan fingerprint density at radius 2 is 1.78 bits per heavy atom. The van der Waals surface area contributed by atoms with Gasteiger partial charge in [0.25, 0.3) is 5.91 Å². The fraction of sp³-hybridized carbons (Fsp3) is 0.238. The van der Waals surface area contributed by atoms with Gasteiger partial charge in [-0.05, 0) is 18.6 Å². The van der Waals surface area contributed by atoms with Crippen molar-refractivity contribution in [3.05, 3.63) is 67.0 Å². The van der Waals surface area contributed by atoms with Gasteiger partial charge in [0.05, 0.1) is 0 Å². The van der Waals surface area contributed by atoms with Gasteiger partial charge < -0.3 is 19.7 Å². The predicted octanol–water partition coefficient (Wildman–Crippen LogP) is 2.09. The number of nitrogens with zero attached hydrogens (tertiary/aromatic N) is 7. The highest BCUT2D eigenvalue weighted by atomic mass is 19.4. The zero-order valence-electron chi connectivity index (χ0n) is 18.3. The average molecular weight is 506 g/mol. The molecular weight excluding hydrogens is 488 g/mol. The van der Waals surface area contributed by atoms with Gasteiger partial charge in [-0.3, -0.25) is 4.79 Å². The summed E-state index contributed by atoms with van der Waals surface area (Å²) in [6.07, 6.45) is 4.19. The third kappa shape index (κ3) is 5.39. The Hall–Kier alpha value is -4.56. The fourth-order valence-electron chi connectivity index (χ4n) is 3.50. The standard InChI is InChI=1S/C19H17FN8O.C2HF3O2/c20-14-3-1-2-4-15(14)28-12-23-16(25-28)19(29)24-13-5-8-27(11-13)18-17-21-6-9-26(17)10-7-22-18;3-2(4,5)1(6)7/h1-4,6-7,9-10,12-13H,5,8,11H2,(H,24,29);(H,6,7)/t13-;/m0./s1. The molecule has 3 aromatic heterocycles. The molecule has 1 fully saturated rings. The zero-order chi connectivity index (χ0) is 25.9. The molecule has 5 rings (SSSR count). The van der Waals surface area contributed by atoms with Gasteiger partial charge in [0.2, 0.25) is 5.82 Å². The third-order valence-corrected chi connectivity index (χ3v) is 5.15. The highest BCUT2D eigenvalue weighted by Crippen LogP contribution is 2.22. The molecule has 1 aliphatic rings. The first-order valence-electron chi connectivity index (χ1n) is 10.4. The Labute approximate surface area is 200 Å². The van der Waals surface area contributed by atoms with Gasteiger partial charge in [0.1, 0.15) is 17.8 Å². The Morgan fingerprint density at radius 1 is 1.08 bits per heavy atom. The minimum Gasteiger partial charge on any atom is -0.475 e. The summed E-state index contributed by atoms with van der Waals surface area (Å²) in [5.41, 5.74) is 1.02. The molecule has 15 heteroatoms. The molecule has 1 aromatic carbocycles. The number of hydrogen-bond acceptors (Lipinski definition) is 7. The number of fused-ring (bicyclic) bond motifs is 1. The first-order chi connectivity index (χ1) is 17.1. The summed E-state index contributed by atoms with van der Waals surface area (Å²) in [6, 6.07) is 6.12. The number of carbonyl (C=O) groups is 2. The summed E-state index contributed by atoms with van der Waals surface area (Å²) in [5, 5.41) is 14.2. The van der Waals surface area contributed by atoms with Crippen LogP contribution in [0.5, 0.6) is 0 Å². The van der Waals surface area contributed by atoms with E-state index < -0.39 is 18.0 Å². The van der Waals surface area contributed by atoms with E-state index in [0.717, 1.165) is 24.4 Å². The van der Waals surface area contributed by atoms with E-state index in [2.05, 4.69) is 30.3 Å². The maximum Gasteiger partial charge on any atom is 0.490 e. The van der Waals surface area contributed by atoms with Crippen LogP contribution in [0.25, 0.3) is 11.3 Å². The molecule has 36 heavy (non-hydrogen) atoms. The number of carboxylic acids is 1. The second-order valence-electron chi connectivity index (χ2n) is 7.58. The van der Waals surface area contributed by atoms with Crippen molar-refractivity contribution >= 4 is 23.3 Å². The second kappa shape index (κ2) is 9.97. The molecule has 4 heterocycles. The molecule has 1 aliphatic heterocycles. The van der Waals surface area contributed by atoms with Crippen molar-refractivity contribution in [1.82, 2.24) is 34.4 Å². The molecule has 0 unspecified atom stereocenters. The van der Waals surface area contributed by atoms with E-state index in [1.54, 1.807) is 30.6 Å². The van der Waals surface area contributed by atoms with E-state index in [-0.39, 0.29) is 23.5 Å². The van der Waals surface area contributed by atoms with Crippen LogP contribution in [0.15, 0.2) is 55.4 Å². The Balaban J connectivity index is 0.000000384. The van der Waals surface area contributed by atoms with Crippen LogP contribution in [0.2, 0.25) is 0 Å². The number of carbonyl (C=O) groups excluding carboxylic acids is 1. The van der Waals surface area contributed by atoms with Crippen LogP contribution in [0, 0.1) is 5.82 Å². The Kier molecular flexibility index (Phi) is 6.80. The van der Waals surface area contributed by atoms with E-state index in [0.29, 0.717) is 6.54 Å². The number of aromatic nitrogens is 6. The average Bonchev–Trinajstić information content (AvgIpc) is 3.59. The molecular formula is C21H18F4N8O3. The van der Waals surface area contributed by atoms with Crippen LogP contribution in [-0.4, -0.2) is 71.4 Å².